The molecule has 0 amide bonds. The topological polar surface area (TPSA) is 62.3 Å². The second-order valence-corrected chi connectivity index (χ2v) is 5.78. The molecule has 3 N–H and O–H groups in total. The van der Waals surface area contributed by atoms with E-state index in [1.807, 2.05) is 18.2 Å². The van der Waals surface area contributed by atoms with Crippen LogP contribution in [0.4, 0.5) is 0 Å². The highest BCUT2D eigenvalue weighted by molar-refractivity contribution is 5.97. The van der Waals surface area contributed by atoms with Crippen LogP contribution in [-0.4, -0.2) is 30.4 Å². The van der Waals surface area contributed by atoms with Crippen molar-refractivity contribution in [1.29, 1.82) is 5.41 Å². The molecule has 2 rings (SSSR count). The predicted molar refractivity (Wildman–Crippen MR) is 82.3 cm³/mol. The van der Waals surface area contributed by atoms with Crippen LogP contribution in [0, 0.1) is 11.3 Å². The van der Waals surface area contributed by atoms with E-state index in [1.54, 1.807) is 7.11 Å². The van der Waals surface area contributed by atoms with E-state index in [0.29, 0.717) is 17.4 Å². The number of nitrogens with one attached hydrogen (secondary N) is 1. The summed E-state index contributed by atoms with van der Waals surface area (Å²) in [6.45, 7) is 6.73. The molecule has 1 aromatic rings. The van der Waals surface area contributed by atoms with Crippen molar-refractivity contribution in [3.63, 3.8) is 0 Å². The van der Waals surface area contributed by atoms with Gasteiger partial charge in [0.1, 0.15) is 11.6 Å². The largest absolute Gasteiger partial charge is 0.496 e. The molecule has 0 spiro atoms. The van der Waals surface area contributed by atoms with Crippen molar-refractivity contribution in [2.45, 2.75) is 39.3 Å². The summed E-state index contributed by atoms with van der Waals surface area (Å²) >= 11 is 0. The Bertz CT molecular complexity index is 487. The first kappa shape index (κ1) is 14.9. The third-order valence-electron chi connectivity index (χ3n) is 4.45. The fraction of sp³-hybridized carbons (Fsp3) is 0.562. The third kappa shape index (κ3) is 3.12. The highest BCUT2D eigenvalue weighted by Crippen LogP contribution is 2.26. The fourth-order valence-electron chi connectivity index (χ4n) is 2.94. The summed E-state index contributed by atoms with van der Waals surface area (Å²) in [6.07, 6.45) is 2.60. The standard InChI is InChI=1S/C16H25N3O/c1-11-5-4-8-19(12(11)2)10-13-6-7-14(16(17)18)15(9-13)20-3/h6-7,9,11-12H,4-5,8,10H2,1-3H3,(H3,17,18). The second kappa shape index (κ2) is 6.27. The summed E-state index contributed by atoms with van der Waals surface area (Å²) in [6, 6.07) is 6.55. The number of hydrogen-bond donors (Lipinski definition) is 2. The minimum atomic E-state index is 0.0494. The van der Waals surface area contributed by atoms with Crippen molar-refractivity contribution in [3.05, 3.63) is 29.3 Å². The van der Waals surface area contributed by atoms with Crippen LogP contribution in [0.25, 0.3) is 0 Å². The SMILES string of the molecule is COc1cc(CN2CCCC(C)C2C)ccc1C(=N)N. The van der Waals surface area contributed by atoms with Crippen LogP contribution in [0.1, 0.15) is 37.8 Å². The lowest BCUT2D eigenvalue weighted by atomic mass is 9.91. The molecule has 0 radical (unpaired) electrons. The molecule has 1 fully saturated rings. The van der Waals surface area contributed by atoms with Gasteiger partial charge in [0.25, 0.3) is 0 Å². The second-order valence-electron chi connectivity index (χ2n) is 5.78. The molecule has 2 unspecified atom stereocenters. The third-order valence-corrected chi connectivity index (χ3v) is 4.45. The van der Waals surface area contributed by atoms with Crippen molar-refractivity contribution >= 4 is 5.84 Å². The van der Waals surface area contributed by atoms with Gasteiger partial charge in [-0.3, -0.25) is 10.3 Å². The van der Waals surface area contributed by atoms with E-state index in [1.165, 1.54) is 18.4 Å². The zero-order valence-corrected chi connectivity index (χ0v) is 12.6. The maximum atomic E-state index is 7.55. The van der Waals surface area contributed by atoms with Gasteiger partial charge in [0, 0.05) is 12.6 Å². The van der Waals surface area contributed by atoms with Gasteiger partial charge in [-0.2, -0.15) is 0 Å². The van der Waals surface area contributed by atoms with E-state index in [-0.39, 0.29) is 5.84 Å². The van der Waals surface area contributed by atoms with Crippen LogP contribution >= 0.6 is 0 Å². The Morgan fingerprint density at radius 3 is 2.85 bits per heavy atom. The molecular weight excluding hydrogens is 250 g/mol. The Kier molecular flexibility index (Phi) is 4.65. The molecule has 0 bridgehead atoms. The summed E-state index contributed by atoms with van der Waals surface area (Å²) in [5.41, 5.74) is 7.44. The number of rotatable bonds is 4. The Hall–Kier alpha value is -1.55. The molecule has 20 heavy (non-hydrogen) atoms. The van der Waals surface area contributed by atoms with Crippen LogP contribution in [0.5, 0.6) is 5.75 Å². The summed E-state index contributed by atoms with van der Waals surface area (Å²) in [7, 11) is 1.62. The Morgan fingerprint density at radius 2 is 2.20 bits per heavy atom. The normalized spacial score (nSPS) is 23.6. The van der Waals surface area contributed by atoms with Crippen molar-refractivity contribution < 1.29 is 4.74 Å². The quantitative estimate of drug-likeness (QED) is 0.656. The number of nitrogens with two attached hydrogens (primary N) is 1. The van der Waals surface area contributed by atoms with Crippen LogP contribution in [-0.2, 0) is 6.54 Å². The molecule has 0 saturated carbocycles. The highest BCUT2D eigenvalue weighted by atomic mass is 16.5. The average molecular weight is 275 g/mol. The van der Waals surface area contributed by atoms with Gasteiger partial charge in [-0.1, -0.05) is 13.0 Å². The van der Waals surface area contributed by atoms with E-state index in [2.05, 4.69) is 18.7 Å². The van der Waals surface area contributed by atoms with E-state index in [9.17, 15) is 0 Å². The van der Waals surface area contributed by atoms with Gasteiger partial charge in [0.15, 0.2) is 0 Å². The van der Waals surface area contributed by atoms with E-state index in [0.717, 1.165) is 19.0 Å². The number of piperidine rings is 1. The van der Waals surface area contributed by atoms with Gasteiger partial charge in [-0.15, -0.1) is 0 Å². The van der Waals surface area contributed by atoms with Gasteiger partial charge in [0.05, 0.1) is 12.7 Å². The molecule has 1 aliphatic heterocycles. The minimum Gasteiger partial charge on any atom is -0.496 e. The first-order chi connectivity index (χ1) is 9.52. The van der Waals surface area contributed by atoms with E-state index in [4.69, 9.17) is 15.9 Å². The molecule has 4 heteroatoms. The van der Waals surface area contributed by atoms with Crippen molar-refractivity contribution in [1.82, 2.24) is 4.90 Å². The lowest BCUT2D eigenvalue weighted by molar-refractivity contribution is 0.106. The fourth-order valence-corrected chi connectivity index (χ4v) is 2.94. The summed E-state index contributed by atoms with van der Waals surface area (Å²) in [5.74, 6) is 1.49. The number of methoxy groups -OCH3 is 1. The van der Waals surface area contributed by atoms with Crippen molar-refractivity contribution in [2.75, 3.05) is 13.7 Å². The lowest BCUT2D eigenvalue weighted by Crippen LogP contribution is -2.41. The number of nitrogen functional groups attached to an aromatic ring is 1. The number of nitrogens with zero attached hydrogens (tertiary/aromatic N) is 1. The number of amidine groups is 1. The molecule has 1 aliphatic rings. The molecule has 1 heterocycles. The predicted octanol–water partition coefficient (Wildman–Crippen LogP) is 2.60. The Balaban J connectivity index is 2.15. The van der Waals surface area contributed by atoms with Gasteiger partial charge in [0.2, 0.25) is 0 Å². The van der Waals surface area contributed by atoms with Crippen LogP contribution in [0.2, 0.25) is 0 Å². The zero-order chi connectivity index (χ0) is 14.7. The molecule has 2 atom stereocenters. The highest BCUT2D eigenvalue weighted by Gasteiger charge is 2.24. The molecule has 4 nitrogen and oxygen atoms in total. The lowest BCUT2D eigenvalue weighted by Gasteiger charge is -2.38. The smallest absolute Gasteiger partial charge is 0.130 e. The molecule has 0 aliphatic carbocycles. The van der Waals surface area contributed by atoms with Gasteiger partial charge >= 0.3 is 0 Å². The van der Waals surface area contributed by atoms with E-state index >= 15 is 0 Å². The molecule has 0 aromatic heterocycles. The molecule has 1 aromatic carbocycles. The van der Waals surface area contributed by atoms with Gasteiger partial charge in [-0.25, -0.2) is 0 Å². The maximum absolute atomic E-state index is 7.55. The van der Waals surface area contributed by atoms with Crippen molar-refractivity contribution in [3.8, 4) is 5.75 Å². The molecular formula is C16H25N3O. The van der Waals surface area contributed by atoms with Crippen LogP contribution < -0.4 is 10.5 Å². The minimum absolute atomic E-state index is 0.0494. The van der Waals surface area contributed by atoms with Gasteiger partial charge < -0.3 is 10.5 Å². The molecule has 1 saturated heterocycles. The monoisotopic (exact) mass is 275 g/mol. The van der Waals surface area contributed by atoms with E-state index < -0.39 is 0 Å². The zero-order valence-electron chi connectivity index (χ0n) is 12.6. The Labute approximate surface area is 121 Å². The Morgan fingerprint density at radius 1 is 1.45 bits per heavy atom. The number of hydrogen-bond acceptors (Lipinski definition) is 3. The number of likely N-dealkylation sites (tertiary alicyclic amines) is 1. The summed E-state index contributed by atoms with van der Waals surface area (Å²) in [4.78, 5) is 2.52. The number of benzene rings is 1. The summed E-state index contributed by atoms with van der Waals surface area (Å²) < 4.78 is 5.35. The first-order valence-corrected chi connectivity index (χ1v) is 7.28. The average Bonchev–Trinajstić information content (AvgIpc) is 2.43. The summed E-state index contributed by atoms with van der Waals surface area (Å²) in [5, 5.41) is 7.55. The van der Waals surface area contributed by atoms with Crippen LogP contribution in [0.3, 0.4) is 0 Å². The molecule has 110 valence electrons. The van der Waals surface area contributed by atoms with Crippen LogP contribution in [0.15, 0.2) is 18.2 Å². The van der Waals surface area contributed by atoms with Crippen molar-refractivity contribution in [2.24, 2.45) is 11.7 Å². The maximum Gasteiger partial charge on any atom is 0.130 e. The van der Waals surface area contributed by atoms with Gasteiger partial charge in [-0.05, 0) is 49.9 Å². The first-order valence-electron chi connectivity index (χ1n) is 7.28. The number of ether oxygens (including phenoxy) is 1.